The van der Waals surface area contributed by atoms with Gasteiger partial charge in [-0.2, -0.15) is 0 Å². The van der Waals surface area contributed by atoms with Crippen LogP contribution >= 0.6 is 11.6 Å². The number of nitrogens with one attached hydrogen (secondary N) is 1. The number of hydrogen-bond acceptors (Lipinski definition) is 5. The SMILES string of the molecule is COc1cccc(N(CC(=O)N(Cc2ccc(Cl)cc2)[C@H](Cc2ccccc2)C(=O)NC(C)(C)C)S(C)(=O)=O)c1. The van der Waals surface area contributed by atoms with E-state index in [1.165, 1.54) is 12.0 Å². The van der Waals surface area contributed by atoms with Gasteiger partial charge in [-0.1, -0.05) is 60.1 Å². The smallest absolute Gasteiger partial charge is 0.244 e. The van der Waals surface area contributed by atoms with E-state index in [2.05, 4.69) is 5.32 Å². The Balaban J connectivity index is 2.07. The molecular formula is C30H36ClN3O5S. The van der Waals surface area contributed by atoms with Crippen molar-refractivity contribution in [2.24, 2.45) is 0 Å². The number of carbonyl (C=O) groups is 2. The van der Waals surface area contributed by atoms with Crippen LogP contribution in [0.5, 0.6) is 5.75 Å². The van der Waals surface area contributed by atoms with E-state index in [0.29, 0.717) is 10.8 Å². The number of carbonyl (C=O) groups excluding carboxylic acids is 2. The molecule has 10 heteroatoms. The first kappa shape index (κ1) is 31.0. The summed E-state index contributed by atoms with van der Waals surface area (Å²) in [6, 6.07) is 21.9. The predicted molar refractivity (Wildman–Crippen MR) is 159 cm³/mol. The van der Waals surface area contributed by atoms with Gasteiger partial charge in [0.05, 0.1) is 19.1 Å². The minimum absolute atomic E-state index is 0.0702. The Morgan fingerprint density at radius 2 is 1.60 bits per heavy atom. The summed E-state index contributed by atoms with van der Waals surface area (Å²) in [4.78, 5) is 29.2. The number of anilines is 1. The van der Waals surface area contributed by atoms with E-state index in [0.717, 1.165) is 21.7 Å². The van der Waals surface area contributed by atoms with Crippen molar-refractivity contribution in [2.75, 3.05) is 24.2 Å². The van der Waals surface area contributed by atoms with Crippen LogP contribution in [0.4, 0.5) is 5.69 Å². The van der Waals surface area contributed by atoms with Gasteiger partial charge < -0.3 is 15.0 Å². The average molecular weight is 586 g/mol. The molecule has 0 unspecified atom stereocenters. The molecule has 0 radical (unpaired) electrons. The Hall–Kier alpha value is -3.56. The molecule has 0 spiro atoms. The second-order valence-corrected chi connectivity index (χ2v) is 12.9. The summed E-state index contributed by atoms with van der Waals surface area (Å²) < 4.78 is 32.1. The van der Waals surface area contributed by atoms with Crippen molar-refractivity contribution >= 4 is 39.1 Å². The summed E-state index contributed by atoms with van der Waals surface area (Å²) in [6.45, 7) is 5.16. The number of nitrogens with zero attached hydrogens (tertiary/aromatic N) is 2. The standard InChI is InChI=1S/C30H36ClN3O5S/c1-30(2,3)32-29(36)27(18-22-10-7-6-8-11-22)33(20-23-14-16-24(31)17-15-23)28(35)21-34(40(5,37)38)25-12-9-13-26(19-25)39-4/h6-17,19,27H,18,20-21H2,1-5H3,(H,32,36)/t27-/m1/s1. The molecule has 0 aliphatic heterocycles. The van der Waals surface area contributed by atoms with Crippen LogP contribution in [0.3, 0.4) is 0 Å². The van der Waals surface area contributed by atoms with Crippen molar-refractivity contribution in [2.45, 2.75) is 45.3 Å². The maximum Gasteiger partial charge on any atom is 0.244 e. The first-order chi connectivity index (χ1) is 18.8. The Morgan fingerprint density at radius 1 is 0.950 bits per heavy atom. The molecule has 2 amide bonds. The molecule has 3 aromatic carbocycles. The van der Waals surface area contributed by atoms with Gasteiger partial charge in [-0.25, -0.2) is 8.42 Å². The summed E-state index contributed by atoms with van der Waals surface area (Å²) in [6.07, 6.45) is 1.27. The van der Waals surface area contributed by atoms with E-state index in [1.54, 1.807) is 48.5 Å². The highest BCUT2D eigenvalue weighted by Gasteiger charge is 2.34. The third kappa shape index (κ3) is 8.99. The zero-order chi connectivity index (χ0) is 29.5. The zero-order valence-corrected chi connectivity index (χ0v) is 25.0. The van der Waals surface area contributed by atoms with Crippen LogP contribution in [0.15, 0.2) is 78.9 Å². The van der Waals surface area contributed by atoms with Crippen LogP contribution in [0, 0.1) is 0 Å². The van der Waals surface area contributed by atoms with Gasteiger partial charge in [-0.15, -0.1) is 0 Å². The van der Waals surface area contributed by atoms with Crippen LogP contribution < -0.4 is 14.4 Å². The summed E-state index contributed by atoms with van der Waals surface area (Å²) in [7, 11) is -2.39. The van der Waals surface area contributed by atoms with Crippen molar-refractivity contribution < 1.29 is 22.7 Å². The lowest BCUT2D eigenvalue weighted by Crippen LogP contribution is -2.56. The molecule has 0 saturated heterocycles. The summed E-state index contributed by atoms with van der Waals surface area (Å²) in [5.41, 5.74) is 1.32. The van der Waals surface area contributed by atoms with Gasteiger partial charge in [0.25, 0.3) is 0 Å². The van der Waals surface area contributed by atoms with E-state index < -0.39 is 34.1 Å². The molecule has 0 aliphatic carbocycles. The summed E-state index contributed by atoms with van der Waals surface area (Å²) in [5, 5.41) is 3.53. The molecule has 3 aromatic rings. The molecule has 0 bridgehead atoms. The Morgan fingerprint density at radius 3 is 2.17 bits per heavy atom. The van der Waals surface area contributed by atoms with Gasteiger partial charge in [-0.05, 0) is 56.2 Å². The largest absolute Gasteiger partial charge is 0.497 e. The quantitative estimate of drug-likeness (QED) is 0.353. The van der Waals surface area contributed by atoms with Gasteiger partial charge >= 0.3 is 0 Å². The van der Waals surface area contributed by atoms with Crippen molar-refractivity contribution in [1.82, 2.24) is 10.2 Å². The second kappa shape index (κ2) is 13.2. The van der Waals surface area contributed by atoms with E-state index in [4.69, 9.17) is 16.3 Å². The van der Waals surface area contributed by atoms with Gasteiger partial charge in [0, 0.05) is 29.6 Å². The highest BCUT2D eigenvalue weighted by Crippen LogP contribution is 2.24. The molecule has 214 valence electrons. The third-order valence-corrected chi connectivity index (χ3v) is 7.45. The molecule has 3 rings (SSSR count). The number of sulfonamides is 1. The maximum atomic E-state index is 14.1. The van der Waals surface area contributed by atoms with E-state index in [1.807, 2.05) is 51.1 Å². The average Bonchev–Trinajstić information content (AvgIpc) is 2.89. The second-order valence-electron chi connectivity index (χ2n) is 10.6. The number of hydrogen-bond donors (Lipinski definition) is 1. The molecule has 0 fully saturated rings. The maximum absolute atomic E-state index is 14.1. The Labute approximate surface area is 241 Å². The van der Waals surface area contributed by atoms with Crippen LogP contribution in [0.2, 0.25) is 5.02 Å². The molecule has 0 heterocycles. The molecule has 40 heavy (non-hydrogen) atoms. The number of benzene rings is 3. The molecule has 0 saturated carbocycles. The zero-order valence-electron chi connectivity index (χ0n) is 23.4. The number of halogens is 1. The molecule has 1 N–H and O–H groups in total. The number of methoxy groups -OCH3 is 1. The third-order valence-electron chi connectivity index (χ3n) is 6.06. The van der Waals surface area contributed by atoms with Gasteiger partial charge in [-0.3, -0.25) is 13.9 Å². The lowest BCUT2D eigenvalue weighted by Gasteiger charge is -2.35. The molecule has 8 nitrogen and oxygen atoms in total. The van der Waals surface area contributed by atoms with E-state index in [-0.39, 0.29) is 24.6 Å². The van der Waals surface area contributed by atoms with Crippen LogP contribution in [-0.2, 0) is 32.6 Å². The first-order valence-corrected chi connectivity index (χ1v) is 15.0. The topological polar surface area (TPSA) is 96.0 Å². The fraction of sp³-hybridized carbons (Fsp3) is 0.333. The highest BCUT2D eigenvalue weighted by atomic mass is 35.5. The molecular weight excluding hydrogens is 550 g/mol. The lowest BCUT2D eigenvalue weighted by molar-refractivity contribution is -0.140. The van der Waals surface area contributed by atoms with Crippen molar-refractivity contribution in [3.8, 4) is 5.75 Å². The van der Waals surface area contributed by atoms with E-state index >= 15 is 0 Å². The van der Waals surface area contributed by atoms with Gasteiger partial charge in [0.15, 0.2) is 0 Å². The van der Waals surface area contributed by atoms with Crippen LogP contribution in [0.1, 0.15) is 31.9 Å². The van der Waals surface area contributed by atoms with Crippen molar-refractivity contribution in [3.63, 3.8) is 0 Å². The molecule has 0 aliphatic rings. The minimum atomic E-state index is -3.87. The molecule has 1 atom stereocenters. The predicted octanol–water partition coefficient (Wildman–Crippen LogP) is 4.67. The van der Waals surface area contributed by atoms with Crippen LogP contribution in [0.25, 0.3) is 0 Å². The Bertz CT molecular complexity index is 1410. The fourth-order valence-electron chi connectivity index (χ4n) is 4.17. The van der Waals surface area contributed by atoms with Crippen LogP contribution in [-0.4, -0.2) is 56.6 Å². The number of amides is 2. The Kier molecular flexibility index (Phi) is 10.2. The number of rotatable bonds is 11. The molecule has 0 aromatic heterocycles. The summed E-state index contributed by atoms with van der Waals surface area (Å²) in [5.74, 6) is -0.428. The van der Waals surface area contributed by atoms with Gasteiger partial charge in [0.1, 0.15) is 18.3 Å². The first-order valence-electron chi connectivity index (χ1n) is 12.8. The monoisotopic (exact) mass is 585 g/mol. The van der Waals surface area contributed by atoms with E-state index in [9.17, 15) is 18.0 Å². The van der Waals surface area contributed by atoms with Gasteiger partial charge in [0.2, 0.25) is 21.8 Å². The fourth-order valence-corrected chi connectivity index (χ4v) is 5.14. The minimum Gasteiger partial charge on any atom is -0.497 e. The van der Waals surface area contributed by atoms with Crippen molar-refractivity contribution in [1.29, 1.82) is 0 Å². The van der Waals surface area contributed by atoms with Crippen molar-refractivity contribution in [3.05, 3.63) is 95.0 Å². The number of ether oxygens (including phenoxy) is 1. The lowest BCUT2D eigenvalue weighted by atomic mass is 10.0. The normalized spacial score (nSPS) is 12.3. The summed E-state index contributed by atoms with van der Waals surface area (Å²) >= 11 is 6.09. The highest BCUT2D eigenvalue weighted by molar-refractivity contribution is 7.92.